The molecule has 3 heterocycles. The third kappa shape index (κ3) is 5.04. The van der Waals surface area contributed by atoms with Gasteiger partial charge in [0.25, 0.3) is 0 Å². The quantitative estimate of drug-likeness (QED) is 0.174. The van der Waals surface area contributed by atoms with Gasteiger partial charge in [0.1, 0.15) is 11.1 Å². The molecule has 0 aliphatic heterocycles. The van der Waals surface area contributed by atoms with Gasteiger partial charge in [-0.15, -0.1) is 0 Å². The van der Waals surface area contributed by atoms with Crippen LogP contribution in [0.1, 0.15) is 0 Å². The Labute approximate surface area is 294 Å². The minimum Gasteiger partial charge on any atom is -0.454 e. The lowest BCUT2D eigenvalue weighted by Gasteiger charge is -2.17. The Balaban J connectivity index is 1.26. The molecule has 238 valence electrons. The van der Waals surface area contributed by atoms with E-state index in [1.165, 1.54) is 21.5 Å². The number of rotatable bonds is 5. The number of furan rings is 1. The number of nitrogens with zero attached hydrogens (tertiary/aromatic N) is 3. The maximum absolute atomic E-state index is 6.12. The molecular weight excluding hydrogens is 623 g/mol. The Morgan fingerprint density at radius 2 is 1.02 bits per heavy atom. The minimum absolute atomic E-state index is 0.667. The van der Waals surface area contributed by atoms with Crippen molar-refractivity contribution in [2.24, 2.45) is 0 Å². The summed E-state index contributed by atoms with van der Waals surface area (Å²) in [4.78, 5) is 15.3. The molecule has 4 nitrogen and oxygen atoms in total. The fraction of sp³-hybridized carbons (Fsp3) is 0. The van der Waals surface area contributed by atoms with E-state index in [0.29, 0.717) is 5.82 Å². The second-order valence-corrected chi connectivity index (χ2v) is 12.8. The number of fused-ring (bicyclic) bond motifs is 6. The average Bonchev–Trinajstić information content (AvgIpc) is 3.59. The lowest BCUT2D eigenvalue weighted by molar-refractivity contribution is 0.668. The molecule has 10 rings (SSSR count). The van der Waals surface area contributed by atoms with Crippen molar-refractivity contribution in [2.75, 3.05) is 0 Å². The highest BCUT2D eigenvalue weighted by molar-refractivity contribution is 6.15. The second kappa shape index (κ2) is 11.9. The first-order valence-electron chi connectivity index (χ1n) is 17.1. The van der Waals surface area contributed by atoms with Crippen LogP contribution in [0.3, 0.4) is 0 Å². The van der Waals surface area contributed by atoms with Gasteiger partial charge in [-0.1, -0.05) is 127 Å². The SMILES string of the molecule is c1ccc(-c2cc(-c3ccccc3)nc(-c3cc(-c4ccc5oc6cccnc6c5c4)ccc3-c3cc4ccccc4c4ccccc34)n2)cc1. The fourth-order valence-electron chi connectivity index (χ4n) is 7.28. The summed E-state index contributed by atoms with van der Waals surface area (Å²) in [6.45, 7) is 0. The molecule has 0 saturated carbocycles. The molecule has 10 aromatic rings. The van der Waals surface area contributed by atoms with E-state index in [-0.39, 0.29) is 0 Å². The van der Waals surface area contributed by atoms with Crippen LogP contribution in [0.5, 0.6) is 0 Å². The van der Waals surface area contributed by atoms with Crippen molar-refractivity contribution in [3.05, 3.63) is 176 Å². The van der Waals surface area contributed by atoms with Crippen molar-refractivity contribution in [1.82, 2.24) is 15.0 Å². The second-order valence-electron chi connectivity index (χ2n) is 12.8. The summed E-state index contributed by atoms with van der Waals surface area (Å²) in [5.74, 6) is 0.667. The number of hydrogen-bond acceptors (Lipinski definition) is 4. The summed E-state index contributed by atoms with van der Waals surface area (Å²) in [5.41, 5.74) is 11.6. The summed E-state index contributed by atoms with van der Waals surface area (Å²) in [6.07, 6.45) is 1.81. The molecule has 0 unspecified atom stereocenters. The molecular formula is C47H29N3O. The van der Waals surface area contributed by atoms with Gasteiger partial charge in [0.2, 0.25) is 0 Å². The first-order chi connectivity index (χ1) is 25.3. The lowest BCUT2D eigenvalue weighted by atomic mass is 9.89. The number of hydrogen-bond donors (Lipinski definition) is 0. The first kappa shape index (κ1) is 29.0. The van der Waals surface area contributed by atoms with Crippen LogP contribution in [-0.4, -0.2) is 15.0 Å². The normalized spacial score (nSPS) is 11.5. The summed E-state index contributed by atoms with van der Waals surface area (Å²) < 4.78 is 6.12. The number of benzene rings is 7. The van der Waals surface area contributed by atoms with E-state index in [2.05, 4.69) is 145 Å². The monoisotopic (exact) mass is 651 g/mol. The summed E-state index contributed by atoms with van der Waals surface area (Å²) in [6, 6.07) is 59.3. The highest BCUT2D eigenvalue weighted by atomic mass is 16.3. The smallest absolute Gasteiger partial charge is 0.161 e. The Kier molecular flexibility index (Phi) is 6.78. The van der Waals surface area contributed by atoms with Gasteiger partial charge in [-0.2, -0.15) is 0 Å². The first-order valence-corrected chi connectivity index (χ1v) is 17.1. The predicted molar refractivity (Wildman–Crippen MR) is 209 cm³/mol. The van der Waals surface area contributed by atoms with Gasteiger partial charge in [0.15, 0.2) is 11.4 Å². The van der Waals surface area contributed by atoms with Gasteiger partial charge in [-0.25, -0.2) is 9.97 Å². The van der Waals surface area contributed by atoms with Crippen LogP contribution in [0.4, 0.5) is 0 Å². The summed E-state index contributed by atoms with van der Waals surface area (Å²) in [7, 11) is 0. The topological polar surface area (TPSA) is 51.8 Å². The van der Waals surface area contributed by atoms with Crippen molar-refractivity contribution in [2.45, 2.75) is 0 Å². The van der Waals surface area contributed by atoms with Crippen molar-refractivity contribution in [1.29, 1.82) is 0 Å². The van der Waals surface area contributed by atoms with Crippen LogP contribution in [0.2, 0.25) is 0 Å². The molecule has 0 aliphatic carbocycles. The van der Waals surface area contributed by atoms with Crippen LogP contribution in [0.25, 0.3) is 99.8 Å². The highest BCUT2D eigenvalue weighted by Gasteiger charge is 2.19. The van der Waals surface area contributed by atoms with Crippen molar-refractivity contribution < 1.29 is 4.42 Å². The predicted octanol–water partition coefficient (Wildman–Crippen LogP) is 12.4. The van der Waals surface area contributed by atoms with Crippen molar-refractivity contribution in [3.8, 4) is 56.2 Å². The molecule has 0 N–H and O–H groups in total. The fourth-order valence-corrected chi connectivity index (χ4v) is 7.28. The van der Waals surface area contributed by atoms with Crippen LogP contribution in [0, 0.1) is 0 Å². The minimum atomic E-state index is 0.667. The zero-order valence-electron chi connectivity index (χ0n) is 27.5. The Morgan fingerprint density at radius 1 is 0.373 bits per heavy atom. The molecule has 0 fully saturated rings. The van der Waals surface area contributed by atoms with Gasteiger partial charge in [0.05, 0.1) is 11.4 Å². The Hall–Kier alpha value is -6.91. The van der Waals surface area contributed by atoms with Crippen LogP contribution in [-0.2, 0) is 0 Å². The van der Waals surface area contributed by atoms with E-state index in [9.17, 15) is 0 Å². The van der Waals surface area contributed by atoms with Crippen LogP contribution >= 0.6 is 0 Å². The third-order valence-corrected chi connectivity index (χ3v) is 9.74. The van der Waals surface area contributed by atoms with E-state index < -0.39 is 0 Å². The van der Waals surface area contributed by atoms with Gasteiger partial charge in [-0.05, 0) is 86.3 Å². The third-order valence-electron chi connectivity index (χ3n) is 9.74. The summed E-state index contributed by atoms with van der Waals surface area (Å²) >= 11 is 0. The molecule has 3 aromatic heterocycles. The van der Waals surface area contributed by atoms with E-state index in [0.717, 1.165) is 72.4 Å². The molecule has 4 heteroatoms. The van der Waals surface area contributed by atoms with Crippen molar-refractivity contribution in [3.63, 3.8) is 0 Å². The summed E-state index contributed by atoms with van der Waals surface area (Å²) in [5, 5.41) is 5.82. The molecule has 51 heavy (non-hydrogen) atoms. The molecule has 0 atom stereocenters. The zero-order chi connectivity index (χ0) is 33.7. The molecule has 0 amide bonds. The highest BCUT2D eigenvalue weighted by Crippen LogP contribution is 2.42. The average molecular weight is 652 g/mol. The van der Waals surface area contributed by atoms with Gasteiger partial charge < -0.3 is 4.42 Å². The van der Waals surface area contributed by atoms with E-state index >= 15 is 0 Å². The standard InChI is InChI=1S/C47H29N3O/c1-3-12-30(13-4-1)42-29-43(31-14-5-2-6-15-31)50-47(49-42)40-26-32(33-22-24-44-41(27-33)46-45(51-44)20-11-25-48-46)21-23-38(40)39-28-34-16-7-8-17-35(34)36-18-9-10-19-37(36)39/h1-29H. The molecule has 0 bridgehead atoms. The van der Waals surface area contributed by atoms with Crippen LogP contribution < -0.4 is 0 Å². The Bertz CT molecular complexity index is 2860. The van der Waals surface area contributed by atoms with E-state index in [1.807, 2.05) is 36.5 Å². The van der Waals surface area contributed by atoms with Gasteiger partial charge >= 0.3 is 0 Å². The molecule has 0 radical (unpaired) electrons. The van der Waals surface area contributed by atoms with Gasteiger partial charge in [0, 0.05) is 28.3 Å². The van der Waals surface area contributed by atoms with E-state index in [4.69, 9.17) is 14.4 Å². The van der Waals surface area contributed by atoms with E-state index in [1.54, 1.807) is 0 Å². The molecule has 0 aliphatic rings. The van der Waals surface area contributed by atoms with Crippen molar-refractivity contribution >= 4 is 43.6 Å². The molecule has 0 saturated heterocycles. The van der Waals surface area contributed by atoms with Crippen LogP contribution in [0.15, 0.2) is 180 Å². The number of pyridine rings is 1. The Morgan fingerprint density at radius 3 is 1.78 bits per heavy atom. The molecule has 0 spiro atoms. The lowest BCUT2D eigenvalue weighted by Crippen LogP contribution is -1.98. The largest absolute Gasteiger partial charge is 0.454 e. The molecule has 7 aromatic carbocycles. The maximum Gasteiger partial charge on any atom is 0.161 e. The maximum atomic E-state index is 6.12. The number of aromatic nitrogens is 3. The zero-order valence-corrected chi connectivity index (χ0v) is 27.5. The van der Waals surface area contributed by atoms with Gasteiger partial charge in [-0.3, -0.25) is 4.98 Å².